The molecule has 1 radical (unpaired) electrons. The van der Waals surface area contributed by atoms with Crippen molar-refractivity contribution in [2.24, 2.45) is 0 Å². The van der Waals surface area contributed by atoms with Crippen molar-refractivity contribution in [3.05, 3.63) is 172 Å². The number of carbonyl (C=O) groups excluding carboxylic acids is 8. The standard InChI is InChI=1S/C18H24FNO3.C11H14FN.C9H9F3N2.C9H16O4.C9H14O4.C9H14O3.C8H12O3.C6H8O3.C6H8O2.C3H4O.CH4.Ag.K.HNO3/c1-18(17(21)22)9-6-16(12-23-18)20-10-7-14(8-11-20)13-2-4-15(19)5-3-13;12-11-3-1-9(2-4-11)10-5-7-13-8-6-10;10-9(11,12)7-3-6-4-13-2-1-8(6)14-5-7;2*1-3-12-8(11)9(2)5-4-7(10)6-13-9;1-3-11-8(10)9(2)6-4-5-7-12-9;1-2-10-8(9)7-5-3-4-6-11-7;7-6(8)5-3-1-2-4-9-5;7-5-6-3-1-2-4-8-6;1-2-3-4;;;;2-1(3)4/h2-5,14,16H,6-12H2,1H3,(H,21,22);1-4,10,13H,5-8H2;3,5,13H,1-2,4H2;7,10H,3-6H2,1-2H3;3-6H2,1-2H3;5,7H,3-4,6H2,1-2H3;4,6-7H,2-3,5H2,1H3;2,4-5H,1,3H2,(H,7,8);2,4-6H,1,3H2;2-3H,1H2;1H4;;;(H,2,3,4)/q;;;;;;;;;;;;+1;/p-1. The number of aldehydes is 2. The van der Waals surface area contributed by atoms with Gasteiger partial charge < -0.3 is 88.1 Å². The molecule has 127 heavy (non-hydrogen) atoms. The Balaban J connectivity index is 0.00000141. The van der Waals surface area contributed by atoms with Gasteiger partial charge in [0.25, 0.3) is 5.09 Å². The zero-order chi connectivity index (χ0) is 92.2. The molecule has 0 saturated carbocycles. The van der Waals surface area contributed by atoms with E-state index >= 15 is 0 Å². The molecule has 31 nitrogen and oxygen atoms in total. The number of fused-ring (bicyclic) bond motifs is 1. The normalized spacial score (nSPS) is 24.0. The third-order valence-corrected chi connectivity index (χ3v) is 20.5. The summed E-state index contributed by atoms with van der Waals surface area (Å²) in [7, 11) is 0. The first-order valence-electron chi connectivity index (χ1n) is 41.5. The molecule has 711 valence electrons. The molecule has 10 aliphatic heterocycles. The molecule has 9 atom stereocenters. The van der Waals surface area contributed by atoms with Gasteiger partial charge in [0.15, 0.2) is 41.1 Å². The molecule has 13 rings (SSSR count). The Bertz CT molecular complexity index is 3840. The molecule has 5 N–H and O–H groups in total. The Hall–Kier alpha value is -7.73. The Morgan fingerprint density at radius 3 is 1.51 bits per heavy atom. The van der Waals surface area contributed by atoms with E-state index in [1.807, 2.05) is 42.5 Å². The fourth-order valence-electron chi connectivity index (χ4n) is 13.0. The number of hydrogen-bond acceptors (Lipinski definition) is 28. The number of carbonyl (C=O) groups is 9. The van der Waals surface area contributed by atoms with Gasteiger partial charge in [-0.1, -0.05) is 38.3 Å². The Morgan fingerprint density at radius 1 is 0.638 bits per heavy atom. The number of esters is 4. The first-order valence-corrected chi connectivity index (χ1v) is 41.5. The van der Waals surface area contributed by atoms with Crippen molar-refractivity contribution in [2.75, 3.05) is 79.0 Å². The van der Waals surface area contributed by atoms with Crippen LogP contribution < -0.4 is 67.1 Å². The summed E-state index contributed by atoms with van der Waals surface area (Å²) >= 11 is 0. The number of piperidine rings is 2. The van der Waals surface area contributed by atoms with Gasteiger partial charge in [-0.3, -0.25) is 24.3 Å². The van der Waals surface area contributed by atoms with Gasteiger partial charge in [0.05, 0.1) is 82.3 Å². The van der Waals surface area contributed by atoms with Crippen LogP contribution in [0, 0.1) is 21.7 Å². The summed E-state index contributed by atoms with van der Waals surface area (Å²) in [5.74, 6) is -2.39. The van der Waals surface area contributed by atoms with Crippen molar-refractivity contribution in [3.63, 3.8) is 0 Å². The Morgan fingerprint density at radius 2 is 1.12 bits per heavy atom. The molecule has 5 fully saturated rings. The van der Waals surface area contributed by atoms with Crippen LogP contribution in [0.15, 0.2) is 123 Å². The Kier molecular flexibility index (Phi) is 61.0. The van der Waals surface area contributed by atoms with Gasteiger partial charge in [0, 0.05) is 72.7 Å². The summed E-state index contributed by atoms with van der Waals surface area (Å²) in [5.41, 5.74) is -0.289. The van der Waals surface area contributed by atoms with Crippen LogP contribution >= 0.6 is 0 Å². The van der Waals surface area contributed by atoms with Gasteiger partial charge in [-0.2, -0.15) is 13.2 Å². The van der Waals surface area contributed by atoms with Gasteiger partial charge in [-0.05, 0) is 274 Å². The molecular weight excluding hydrogens is 1800 g/mol. The second-order valence-electron chi connectivity index (χ2n) is 30.0. The van der Waals surface area contributed by atoms with Gasteiger partial charge >= 0.3 is 87.4 Å². The van der Waals surface area contributed by atoms with Crippen LogP contribution in [0.4, 0.5) is 22.0 Å². The predicted molar refractivity (Wildman–Crippen MR) is 446 cm³/mol. The quantitative estimate of drug-likeness (QED) is 0.0138. The molecule has 5 saturated heterocycles. The van der Waals surface area contributed by atoms with Crippen LogP contribution in [0.2, 0.25) is 0 Å². The summed E-state index contributed by atoms with van der Waals surface area (Å²) in [5, 5.41) is 48.4. The average Bonchev–Trinajstić information content (AvgIpc) is 0.827. The SMILES string of the molecule is C.C=CC=O.CC1(C(=O)O)CCC(N2CCC(c3ccc(F)cc3)CC2)CO1.CCOC(=O)C1(C)CCC(=O)CO1.CCOC(=O)C1(C)CCC(O)CO1.CCOC(=O)C1(C)CCC=CO1.CCOC(=O)C1CCC=CO1.FC(F)(F)c1cnc2c(c1)CNCC2.Fc1ccc(C2CCNCC2)cc1.O=C([O-])C1CCC=CO1.O=CC1CCC=CO1.O=[N+]([O-])O.[Ag].[K+]. The number of carboxylic acids is 2. The number of aliphatic carboxylic acids is 2. The van der Waals surface area contributed by atoms with E-state index in [0.717, 1.165) is 109 Å². The Labute approximate surface area is 798 Å². The molecule has 38 heteroatoms. The second-order valence-corrected chi connectivity index (χ2v) is 30.0. The maximum absolute atomic E-state index is 13.0. The number of likely N-dealkylation sites (tertiary alicyclic amines) is 1. The van der Waals surface area contributed by atoms with Gasteiger partial charge in [0.2, 0.25) is 5.60 Å². The van der Waals surface area contributed by atoms with Gasteiger partial charge in [-0.25, -0.2) is 32.8 Å². The summed E-state index contributed by atoms with van der Waals surface area (Å²) in [6, 6.07) is 15.2. The van der Waals surface area contributed by atoms with Crippen LogP contribution in [0.5, 0.6) is 0 Å². The van der Waals surface area contributed by atoms with Crippen LogP contribution in [0.3, 0.4) is 0 Å². The number of pyridine rings is 1. The monoisotopic (exact) mass is 1920 g/mol. The number of rotatable bonds is 15. The number of ether oxygens (including phenoxy) is 11. The minimum atomic E-state index is -4.29. The summed E-state index contributed by atoms with van der Waals surface area (Å²) in [6.07, 6.45) is 26.0. The van der Waals surface area contributed by atoms with E-state index in [1.54, 1.807) is 92.4 Å². The maximum Gasteiger partial charge on any atom is 1.00 e. The minimum absolute atomic E-state index is 0. The molecule has 0 spiro atoms. The number of aromatic nitrogens is 1. The minimum Gasteiger partial charge on any atom is -0.546 e. The number of benzene rings is 2. The van der Waals surface area contributed by atoms with Crippen molar-refractivity contribution >= 4 is 54.2 Å². The number of carboxylic acid groups (broad SMARTS) is 2. The van der Waals surface area contributed by atoms with E-state index in [2.05, 4.69) is 27.1 Å². The van der Waals surface area contributed by atoms with Crippen molar-refractivity contribution in [2.45, 2.75) is 262 Å². The first-order chi connectivity index (χ1) is 59.0. The molecule has 9 unspecified atom stereocenters. The van der Waals surface area contributed by atoms with Gasteiger partial charge in [-0.15, -0.1) is 10.1 Å². The molecule has 2 aromatic carbocycles. The van der Waals surface area contributed by atoms with Crippen molar-refractivity contribution in [1.29, 1.82) is 0 Å². The van der Waals surface area contributed by atoms with Crippen molar-refractivity contribution in [1.82, 2.24) is 20.5 Å². The van der Waals surface area contributed by atoms with E-state index in [-0.39, 0.29) is 148 Å². The molecule has 0 amide bonds. The molecule has 10 aliphatic rings. The van der Waals surface area contributed by atoms with E-state index in [4.69, 9.17) is 72.2 Å². The van der Waals surface area contributed by atoms with E-state index in [0.29, 0.717) is 121 Å². The number of hydrogen-bond donors (Lipinski definition) is 5. The topological polar surface area (TPSA) is 422 Å². The summed E-state index contributed by atoms with van der Waals surface area (Å²) in [4.78, 5) is 111. The molecule has 3 aromatic rings. The number of nitrogens with zero attached hydrogens (tertiary/aromatic N) is 3. The van der Waals surface area contributed by atoms with E-state index < -0.39 is 63.4 Å². The number of Topliss-reactive ketones (excluding diaryl/α,β-unsaturated/α-hetero) is 1. The number of nitrogens with one attached hydrogen (secondary N) is 2. The third kappa shape index (κ3) is 46.6. The van der Waals surface area contributed by atoms with Crippen LogP contribution in [0.1, 0.15) is 218 Å². The zero-order valence-electron chi connectivity index (χ0n) is 73.3. The van der Waals surface area contributed by atoms with Crippen molar-refractivity contribution < 1.29 is 217 Å². The van der Waals surface area contributed by atoms with Gasteiger partial charge in [0.1, 0.15) is 30.6 Å². The van der Waals surface area contributed by atoms with E-state index in [9.17, 15) is 75.6 Å². The number of alkyl halides is 3. The number of aliphatic hydroxyl groups is 1. The fraction of sp³-hybridized carbons (Fsp3) is 0.596. The third-order valence-electron chi connectivity index (χ3n) is 20.5. The first kappa shape index (κ1) is 119. The number of halogens is 5. The van der Waals surface area contributed by atoms with Crippen LogP contribution in [-0.2, 0) is 137 Å². The zero-order valence-corrected chi connectivity index (χ0v) is 77.9. The fourth-order valence-corrected chi connectivity index (χ4v) is 13.0. The molecule has 1 aromatic heterocycles. The maximum atomic E-state index is 13.0. The molecule has 11 heterocycles. The molecule has 0 bridgehead atoms. The number of allylic oxidation sites excluding steroid dienone is 5. The van der Waals surface area contributed by atoms with Crippen molar-refractivity contribution in [3.8, 4) is 0 Å². The largest absolute Gasteiger partial charge is 1.00 e. The smallest absolute Gasteiger partial charge is 0.546 e. The number of ketones is 1. The average molecular weight is 1920 g/mol. The molecular formula is C89H127AgF5KN5O26. The van der Waals surface area contributed by atoms with Crippen LogP contribution in [0.25, 0.3) is 0 Å². The van der Waals surface area contributed by atoms with Crippen LogP contribution in [-0.4, -0.2) is 216 Å². The predicted octanol–water partition coefficient (Wildman–Crippen LogP) is 9.08. The van der Waals surface area contributed by atoms with E-state index in [1.165, 1.54) is 54.5 Å². The number of aliphatic hydroxyl groups excluding tert-OH is 1. The second kappa shape index (κ2) is 64.9. The summed E-state index contributed by atoms with van der Waals surface area (Å²) in [6.45, 7) is 24.6. The molecule has 0 aliphatic carbocycles. The summed E-state index contributed by atoms with van der Waals surface area (Å²) < 4.78 is 118.